The van der Waals surface area contributed by atoms with Gasteiger partial charge in [0.1, 0.15) is 23.1 Å². The van der Waals surface area contributed by atoms with Crippen molar-refractivity contribution in [3.05, 3.63) is 57.5 Å². The first-order valence-electron chi connectivity index (χ1n) is 10.5. The van der Waals surface area contributed by atoms with Crippen LogP contribution in [0.1, 0.15) is 24.4 Å². The van der Waals surface area contributed by atoms with E-state index >= 15 is 0 Å². The van der Waals surface area contributed by atoms with Crippen LogP contribution in [0.4, 0.5) is 4.39 Å². The largest absolute Gasteiger partial charge is 0.466 e. The summed E-state index contributed by atoms with van der Waals surface area (Å²) in [7, 11) is -2.05. The summed E-state index contributed by atoms with van der Waals surface area (Å²) < 4.78 is 45.6. The predicted octanol–water partition coefficient (Wildman–Crippen LogP) is 2.60. The number of carbonyl (C=O) groups excluding carboxylic acids is 1. The molecule has 1 aromatic rings. The standard InChI is InChI=1S/C21H22ClFN4O4S2/c1-31-21(28)17-16-10-13(27-6-2-8-33(27,29)30)11-26(16)19(20-24-5-7-32-20)25-18(17)14-4-3-12(23)9-15(14)22/h3-5,7,9,13,18,20,24H,2,6,8,10-11H2,1H3/t13-,18?,20?/m0/s1. The van der Waals surface area contributed by atoms with E-state index in [2.05, 4.69) is 5.32 Å². The van der Waals surface area contributed by atoms with Crippen molar-refractivity contribution in [2.75, 3.05) is 26.0 Å². The lowest BCUT2D eigenvalue weighted by Gasteiger charge is -2.34. The Bertz CT molecular complexity index is 1190. The van der Waals surface area contributed by atoms with E-state index in [1.54, 1.807) is 0 Å². The third-order valence-corrected chi connectivity index (χ3v) is 9.48. The SMILES string of the molecule is COC(=O)C1=C2C[C@H](N3CCCS3(=O)=O)CN2C(C2NC=CS2)=NC1c1ccc(F)cc1Cl. The second-order valence-corrected chi connectivity index (χ2v) is 11.6. The number of methoxy groups -OCH3 is 1. The maximum atomic E-state index is 13.8. The molecule has 0 spiro atoms. The first kappa shape index (κ1) is 22.7. The van der Waals surface area contributed by atoms with Gasteiger partial charge in [0.05, 0.1) is 18.4 Å². The molecule has 4 aliphatic rings. The van der Waals surface area contributed by atoms with Gasteiger partial charge in [-0.25, -0.2) is 17.6 Å². The molecule has 12 heteroatoms. The van der Waals surface area contributed by atoms with Crippen molar-refractivity contribution >= 4 is 45.2 Å². The van der Waals surface area contributed by atoms with Gasteiger partial charge in [-0.05, 0) is 24.0 Å². The Hall–Kier alpha value is -2.08. The summed E-state index contributed by atoms with van der Waals surface area (Å²) in [6.45, 7) is 0.843. The lowest BCUT2D eigenvalue weighted by Crippen LogP contribution is -2.45. The molecule has 0 aromatic heterocycles. The molecule has 33 heavy (non-hydrogen) atoms. The quantitative estimate of drug-likeness (QED) is 0.620. The topological polar surface area (TPSA) is 91.3 Å². The number of hydrogen-bond donors (Lipinski definition) is 1. The van der Waals surface area contributed by atoms with Crippen molar-refractivity contribution in [3.8, 4) is 0 Å². The number of thioether (sulfide) groups is 1. The Morgan fingerprint density at radius 1 is 1.39 bits per heavy atom. The van der Waals surface area contributed by atoms with Gasteiger partial charge in [0.15, 0.2) is 0 Å². The lowest BCUT2D eigenvalue weighted by atomic mass is 9.94. The molecule has 0 saturated carbocycles. The zero-order valence-corrected chi connectivity index (χ0v) is 20.1. The molecule has 0 amide bonds. The van der Waals surface area contributed by atoms with Gasteiger partial charge in [-0.2, -0.15) is 4.31 Å². The van der Waals surface area contributed by atoms with E-state index in [-0.39, 0.29) is 22.2 Å². The van der Waals surface area contributed by atoms with Gasteiger partial charge in [-0.15, -0.1) is 0 Å². The summed E-state index contributed by atoms with van der Waals surface area (Å²) in [6, 6.07) is 2.87. The van der Waals surface area contributed by atoms with Crippen molar-refractivity contribution in [3.63, 3.8) is 0 Å². The average Bonchev–Trinajstić information content (AvgIpc) is 3.51. The average molecular weight is 513 g/mol. The van der Waals surface area contributed by atoms with Crippen LogP contribution in [0.5, 0.6) is 0 Å². The number of sulfonamides is 1. The minimum Gasteiger partial charge on any atom is -0.466 e. The molecule has 0 radical (unpaired) electrons. The maximum absolute atomic E-state index is 13.8. The van der Waals surface area contributed by atoms with Crippen LogP contribution in [0.2, 0.25) is 5.02 Å². The molecule has 2 unspecified atom stereocenters. The highest BCUT2D eigenvalue weighted by molar-refractivity contribution is 8.03. The Kier molecular flexibility index (Phi) is 5.92. The van der Waals surface area contributed by atoms with Crippen LogP contribution in [0.15, 0.2) is 46.1 Å². The molecule has 4 heterocycles. The number of ether oxygens (including phenoxy) is 1. The molecule has 0 aliphatic carbocycles. The van der Waals surface area contributed by atoms with Crippen LogP contribution < -0.4 is 5.32 Å². The number of nitrogens with zero attached hydrogens (tertiary/aromatic N) is 3. The molecular formula is C21H22ClFN4O4S2. The fraction of sp³-hybridized carbons (Fsp3) is 0.429. The monoisotopic (exact) mass is 512 g/mol. The summed E-state index contributed by atoms with van der Waals surface area (Å²) in [5.41, 5.74) is 1.44. The minimum atomic E-state index is -3.34. The molecule has 1 aromatic carbocycles. The van der Waals surface area contributed by atoms with Crippen molar-refractivity contribution in [1.29, 1.82) is 0 Å². The first-order chi connectivity index (χ1) is 15.8. The van der Waals surface area contributed by atoms with Crippen LogP contribution in [0.3, 0.4) is 0 Å². The Balaban J connectivity index is 1.64. The number of benzene rings is 1. The first-order valence-corrected chi connectivity index (χ1v) is 13.4. The van der Waals surface area contributed by atoms with Gasteiger partial charge < -0.3 is 15.0 Å². The molecule has 2 fully saturated rings. The van der Waals surface area contributed by atoms with E-state index < -0.39 is 27.9 Å². The summed E-state index contributed by atoms with van der Waals surface area (Å²) in [5.74, 6) is -0.268. The minimum absolute atomic E-state index is 0.130. The van der Waals surface area contributed by atoms with Crippen molar-refractivity contribution in [2.24, 2.45) is 4.99 Å². The summed E-state index contributed by atoms with van der Waals surface area (Å²) >= 11 is 7.90. The van der Waals surface area contributed by atoms with E-state index in [0.29, 0.717) is 48.6 Å². The summed E-state index contributed by atoms with van der Waals surface area (Å²) in [5, 5.41) is 5.09. The van der Waals surface area contributed by atoms with Crippen molar-refractivity contribution < 1.29 is 22.3 Å². The number of esters is 1. The number of hydrogen-bond acceptors (Lipinski definition) is 8. The van der Waals surface area contributed by atoms with Crippen LogP contribution in [0.25, 0.3) is 0 Å². The zero-order valence-electron chi connectivity index (χ0n) is 17.7. The highest BCUT2D eigenvalue weighted by Crippen LogP contribution is 2.44. The number of nitrogens with one attached hydrogen (secondary N) is 1. The van der Waals surface area contributed by atoms with Crippen molar-refractivity contribution in [1.82, 2.24) is 14.5 Å². The number of carbonyl (C=O) groups is 1. The van der Waals surface area contributed by atoms with Gasteiger partial charge in [0.2, 0.25) is 10.0 Å². The molecule has 176 valence electrons. The summed E-state index contributed by atoms with van der Waals surface area (Å²) in [4.78, 5) is 19.8. The van der Waals surface area contributed by atoms with Gasteiger partial charge in [0, 0.05) is 48.0 Å². The molecule has 3 atom stereocenters. The number of aliphatic imine (C=N–C) groups is 1. The van der Waals surface area contributed by atoms with E-state index in [4.69, 9.17) is 21.3 Å². The zero-order chi connectivity index (χ0) is 23.3. The number of amidine groups is 1. The number of fused-ring (bicyclic) bond motifs is 1. The van der Waals surface area contributed by atoms with Gasteiger partial charge in [0.25, 0.3) is 0 Å². The maximum Gasteiger partial charge on any atom is 0.338 e. The highest BCUT2D eigenvalue weighted by atomic mass is 35.5. The highest BCUT2D eigenvalue weighted by Gasteiger charge is 2.47. The van der Waals surface area contributed by atoms with E-state index in [0.717, 1.165) is 0 Å². The van der Waals surface area contributed by atoms with Crippen LogP contribution in [-0.2, 0) is 19.6 Å². The van der Waals surface area contributed by atoms with Gasteiger partial charge >= 0.3 is 5.97 Å². The van der Waals surface area contributed by atoms with Crippen molar-refractivity contribution in [2.45, 2.75) is 30.3 Å². The van der Waals surface area contributed by atoms with Gasteiger partial charge in [-0.3, -0.25) is 4.99 Å². The Labute approximate surface area is 200 Å². The third kappa shape index (κ3) is 3.94. The van der Waals surface area contributed by atoms with Crippen LogP contribution >= 0.6 is 23.4 Å². The third-order valence-electron chi connectivity index (χ3n) is 6.24. The predicted molar refractivity (Wildman–Crippen MR) is 125 cm³/mol. The Morgan fingerprint density at radius 3 is 2.85 bits per heavy atom. The van der Waals surface area contributed by atoms with Crippen LogP contribution in [-0.4, -0.2) is 66.8 Å². The van der Waals surface area contributed by atoms with E-state index in [9.17, 15) is 17.6 Å². The normalized spacial score (nSPS) is 28.6. The summed E-state index contributed by atoms with van der Waals surface area (Å²) in [6.07, 6.45) is 2.75. The molecule has 0 bridgehead atoms. The molecule has 2 saturated heterocycles. The fourth-order valence-electron chi connectivity index (χ4n) is 4.81. The lowest BCUT2D eigenvalue weighted by molar-refractivity contribution is -0.136. The smallest absolute Gasteiger partial charge is 0.338 e. The number of rotatable bonds is 4. The Morgan fingerprint density at radius 2 is 2.21 bits per heavy atom. The number of halogens is 2. The molecule has 5 rings (SSSR count). The van der Waals surface area contributed by atoms with Gasteiger partial charge in [-0.1, -0.05) is 29.4 Å². The molecule has 1 N–H and O–H groups in total. The molecule has 8 nitrogen and oxygen atoms in total. The van der Waals surface area contributed by atoms with E-state index in [1.807, 2.05) is 16.5 Å². The molecule has 4 aliphatic heterocycles. The second kappa shape index (κ2) is 8.61. The molecular weight excluding hydrogens is 491 g/mol. The second-order valence-electron chi connectivity index (χ2n) is 8.14. The van der Waals surface area contributed by atoms with Crippen LogP contribution in [0, 0.1) is 5.82 Å². The fourth-order valence-corrected chi connectivity index (χ4v) is 7.59. The van der Waals surface area contributed by atoms with E-state index in [1.165, 1.54) is 41.4 Å².